The van der Waals surface area contributed by atoms with Crippen molar-refractivity contribution in [3.8, 4) is 0 Å². The SMILES string of the molecule is Clc1ccccc1CN/N=C\c1ccc(Br)s1. The van der Waals surface area contributed by atoms with Crippen LogP contribution in [0, 0.1) is 0 Å². The fourth-order valence-electron chi connectivity index (χ4n) is 1.28. The molecule has 1 N–H and O–H groups in total. The van der Waals surface area contributed by atoms with Crippen molar-refractivity contribution in [3.63, 3.8) is 0 Å². The molecule has 0 atom stereocenters. The van der Waals surface area contributed by atoms with E-state index in [2.05, 4.69) is 26.5 Å². The second-order valence-corrected chi connectivity index (χ2v) is 6.23. The van der Waals surface area contributed by atoms with Crippen LogP contribution >= 0.6 is 38.9 Å². The lowest BCUT2D eigenvalue weighted by Crippen LogP contribution is -2.05. The van der Waals surface area contributed by atoms with Crippen LogP contribution in [-0.4, -0.2) is 6.21 Å². The summed E-state index contributed by atoms with van der Waals surface area (Å²) in [5.74, 6) is 0. The maximum atomic E-state index is 6.03. The molecule has 1 heterocycles. The number of hydrazone groups is 1. The summed E-state index contributed by atoms with van der Waals surface area (Å²) >= 11 is 11.1. The lowest BCUT2D eigenvalue weighted by molar-refractivity contribution is 0.748. The number of thiophene rings is 1. The number of nitrogens with zero attached hydrogens (tertiary/aromatic N) is 1. The smallest absolute Gasteiger partial charge is 0.0705 e. The van der Waals surface area contributed by atoms with Crippen LogP contribution in [0.2, 0.25) is 5.02 Å². The Labute approximate surface area is 117 Å². The minimum Gasteiger partial charge on any atom is -0.306 e. The predicted octanol–water partition coefficient (Wildman–Crippen LogP) is 4.29. The van der Waals surface area contributed by atoms with E-state index in [1.807, 2.05) is 36.4 Å². The monoisotopic (exact) mass is 328 g/mol. The number of rotatable bonds is 4. The molecule has 0 fully saturated rings. The molecule has 5 heteroatoms. The van der Waals surface area contributed by atoms with Gasteiger partial charge >= 0.3 is 0 Å². The van der Waals surface area contributed by atoms with Crippen LogP contribution in [0.3, 0.4) is 0 Å². The van der Waals surface area contributed by atoms with Gasteiger partial charge in [0, 0.05) is 9.90 Å². The van der Waals surface area contributed by atoms with Crippen molar-refractivity contribution in [1.29, 1.82) is 0 Å². The molecule has 0 bridgehead atoms. The zero-order valence-electron chi connectivity index (χ0n) is 8.86. The van der Waals surface area contributed by atoms with Gasteiger partial charge in [0.1, 0.15) is 0 Å². The number of benzene rings is 1. The molecule has 2 aromatic rings. The number of halogens is 2. The van der Waals surface area contributed by atoms with Crippen LogP contribution in [0.4, 0.5) is 0 Å². The first-order chi connectivity index (χ1) is 8.25. The summed E-state index contributed by atoms with van der Waals surface area (Å²) in [7, 11) is 0. The molecule has 0 unspecified atom stereocenters. The van der Waals surface area contributed by atoms with Crippen molar-refractivity contribution >= 4 is 45.1 Å². The molecule has 0 aliphatic carbocycles. The van der Waals surface area contributed by atoms with E-state index in [-0.39, 0.29) is 0 Å². The summed E-state index contributed by atoms with van der Waals surface area (Å²) < 4.78 is 1.10. The summed E-state index contributed by atoms with van der Waals surface area (Å²) in [6.07, 6.45) is 1.80. The largest absolute Gasteiger partial charge is 0.306 e. The summed E-state index contributed by atoms with van der Waals surface area (Å²) in [6, 6.07) is 11.7. The second-order valence-electron chi connectivity index (χ2n) is 3.33. The molecular formula is C12H10BrClN2S. The van der Waals surface area contributed by atoms with Gasteiger partial charge in [-0.1, -0.05) is 29.8 Å². The van der Waals surface area contributed by atoms with Crippen molar-refractivity contribution in [2.45, 2.75) is 6.54 Å². The first-order valence-corrected chi connectivity index (χ1v) is 6.99. The molecule has 2 rings (SSSR count). The Morgan fingerprint density at radius 2 is 2.12 bits per heavy atom. The molecule has 0 spiro atoms. The van der Waals surface area contributed by atoms with Crippen LogP contribution in [0.15, 0.2) is 45.3 Å². The van der Waals surface area contributed by atoms with E-state index in [1.165, 1.54) is 0 Å². The molecule has 88 valence electrons. The Bertz CT molecular complexity index is 525. The van der Waals surface area contributed by atoms with Gasteiger partial charge in [-0.15, -0.1) is 11.3 Å². The van der Waals surface area contributed by atoms with E-state index >= 15 is 0 Å². The minimum absolute atomic E-state index is 0.628. The zero-order valence-corrected chi connectivity index (χ0v) is 12.0. The third-order valence-corrected chi connectivity index (χ3v) is 4.03. The molecule has 0 aliphatic rings. The average Bonchev–Trinajstić information content (AvgIpc) is 2.73. The van der Waals surface area contributed by atoms with Crippen molar-refractivity contribution in [3.05, 3.63) is 55.6 Å². The van der Waals surface area contributed by atoms with Crippen LogP contribution < -0.4 is 5.43 Å². The van der Waals surface area contributed by atoms with E-state index < -0.39 is 0 Å². The molecule has 2 nitrogen and oxygen atoms in total. The van der Waals surface area contributed by atoms with Crippen molar-refractivity contribution < 1.29 is 0 Å². The number of hydrogen-bond donors (Lipinski definition) is 1. The van der Waals surface area contributed by atoms with E-state index in [4.69, 9.17) is 11.6 Å². The Morgan fingerprint density at radius 3 is 2.82 bits per heavy atom. The summed E-state index contributed by atoms with van der Waals surface area (Å²) in [5, 5.41) is 4.91. The molecule has 0 aliphatic heterocycles. The number of nitrogens with one attached hydrogen (secondary N) is 1. The van der Waals surface area contributed by atoms with Crippen LogP contribution in [0.25, 0.3) is 0 Å². The number of hydrogen-bond acceptors (Lipinski definition) is 3. The first kappa shape index (κ1) is 12.6. The second kappa shape index (κ2) is 6.19. The van der Waals surface area contributed by atoms with E-state index in [1.54, 1.807) is 17.6 Å². The van der Waals surface area contributed by atoms with Crippen LogP contribution in [0.1, 0.15) is 10.4 Å². The van der Waals surface area contributed by atoms with Crippen molar-refractivity contribution in [1.82, 2.24) is 5.43 Å². The summed E-state index contributed by atoms with van der Waals surface area (Å²) in [6.45, 7) is 0.628. The van der Waals surface area contributed by atoms with E-state index in [0.717, 1.165) is 19.2 Å². The molecular weight excluding hydrogens is 320 g/mol. The molecule has 0 amide bonds. The van der Waals surface area contributed by atoms with Gasteiger partial charge in [-0.05, 0) is 39.7 Å². The van der Waals surface area contributed by atoms with Gasteiger partial charge in [0.05, 0.1) is 16.5 Å². The third-order valence-electron chi connectivity index (χ3n) is 2.10. The molecule has 1 aromatic carbocycles. The third kappa shape index (κ3) is 3.84. The minimum atomic E-state index is 0.628. The highest BCUT2D eigenvalue weighted by molar-refractivity contribution is 9.11. The van der Waals surface area contributed by atoms with Crippen molar-refractivity contribution in [2.75, 3.05) is 0 Å². The van der Waals surface area contributed by atoms with Gasteiger partial charge < -0.3 is 5.43 Å². The van der Waals surface area contributed by atoms with Gasteiger partial charge in [-0.3, -0.25) is 0 Å². The topological polar surface area (TPSA) is 24.4 Å². The average molecular weight is 330 g/mol. The van der Waals surface area contributed by atoms with Crippen LogP contribution in [-0.2, 0) is 6.54 Å². The molecule has 1 aromatic heterocycles. The zero-order chi connectivity index (χ0) is 12.1. The maximum Gasteiger partial charge on any atom is 0.0705 e. The van der Waals surface area contributed by atoms with Crippen molar-refractivity contribution in [2.24, 2.45) is 5.10 Å². The van der Waals surface area contributed by atoms with Gasteiger partial charge in [0.2, 0.25) is 0 Å². The fraction of sp³-hybridized carbons (Fsp3) is 0.0833. The summed E-state index contributed by atoms with van der Waals surface area (Å²) in [5.41, 5.74) is 4.02. The van der Waals surface area contributed by atoms with E-state index in [9.17, 15) is 0 Å². The Hall–Kier alpha value is -0.840. The molecule has 17 heavy (non-hydrogen) atoms. The standard InChI is InChI=1S/C12H10BrClN2S/c13-12-6-5-10(17-12)8-16-15-7-9-3-1-2-4-11(9)14/h1-6,8,15H,7H2/b16-8-. The Balaban J connectivity index is 1.88. The van der Waals surface area contributed by atoms with E-state index in [0.29, 0.717) is 6.54 Å². The predicted molar refractivity (Wildman–Crippen MR) is 77.9 cm³/mol. The highest BCUT2D eigenvalue weighted by Crippen LogP contribution is 2.20. The maximum absolute atomic E-state index is 6.03. The first-order valence-electron chi connectivity index (χ1n) is 5.00. The Morgan fingerprint density at radius 1 is 1.29 bits per heavy atom. The Kier molecular flexibility index (Phi) is 4.59. The highest BCUT2D eigenvalue weighted by atomic mass is 79.9. The normalized spacial score (nSPS) is 10.9. The fourth-order valence-corrected chi connectivity index (χ4v) is 2.78. The molecule has 0 saturated heterocycles. The van der Waals surface area contributed by atoms with Gasteiger partial charge in [0.15, 0.2) is 0 Å². The quantitative estimate of drug-likeness (QED) is 0.657. The van der Waals surface area contributed by atoms with Gasteiger partial charge in [-0.2, -0.15) is 5.10 Å². The van der Waals surface area contributed by atoms with Gasteiger partial charge in [-0.25, -0.2) is 0 Å². The molecule has 0 saturated carbocycles. The lowest BCUT2D eigenvalue weighted by atomic mass is 10.2. The highest BCUT2D eigenvalue weighted by Gasteiger charge is 1.96. The molecule has 0 radical (unpaired) electrons. The summed E-state index contributed by atoms with van der Waals surface area (Å²) in [4.78, 5) is 1.10. The lowest BCUT2D eigenvalue weighted by Gasteiger charge is -2.02. The van der Waals surface area contributed by atoms with Gasteiger partial charge in [0.25, 0.3) is 0 Å². The van der Waals surface area contributed by atoms with Crippen LogP contribution in [0.5, 0.6) is 0 Å².